The van der Waals surface area contributed by atoms with Crippen molar-refractivity contribution in [2.24, 2.45) is 5.92 Å². The molecule has 39 heavy (non-hydrogen) atoms. The van der Waals surface area contributed by atoms with Crippen LogP contribution in [0, 0.1) is 12.8 Å². The van der Waals surface area contributed by atoms with Crippen LogP contribution in [-0.2, 0) is 9.05 Å². The van der Waals surface area contributed by atoms with Crippen LogP contribution in [0.4, 0.5) is 0 Å². The highest BCUT2D eigenvalue weighted by Crippen LogP contribution is 2.26. The average molecular weight is 577 g/mol. The fourth-order valence-electron chi connectivity index (χ4n) is 4.20. The summed E-state index contributed by atoms with van der Waals surface area (Å²) >= 11 is 0. The van der Waals surface area contributed by atoms with Crippen LogP contribution in [-0.4, -0.2) is 51.8 Å². The minimum atomic E-state index is -3.55. The Morgan fingerprint density at radius 2 is 1.15 bits per heavy atom. The second-order valence-corrected chi connectivity index (χ2v) is 12.4. The van der Waals surface area contributed by atoms with Gasteiger partial charge in [0.05, 0.1) is 11.0 Å². The molecule has 0 amide bonds. The Hall–Kier alpha value is -2.82. The molecule has 0 aliphatic heterocycles. The molecule has 3 aromatic rings. The number of halogens is 1. The van der Waals surface area contributed by atoms with E-state index in [9.17, 15) is 13.5 Å². The highest BCUT2D eigenvalue weighted by atomic mass is 35.7. The van der Waals surface area contributed by atoms with E-state index in [1.54, 1.807) is 49.1 Å². The topological polar surface area (TPSA) is 124 Å². The summed E-state index contributed by atoms with van der Waals surface area (Å²) in [7, 11) is 1.54. The maximum atomic E-state index is 10.7. The van der Waals surface area contributed by atoms with Gasteiger partial charge in [0, 0.05) is 35.5 Å². The number of nitrogens with zero attached hydrogens (tertiary/aromatic N) is 4. The summed E-state index contributed by atoms with van der Waals surface area (Å²) in [6.45, 7) is 4.18. The molecule has 0 radical (unpaired) electrons. The monoisotopic (exact) mass is 576 g/mol. The minimum Gasteiger partial charge on any atom is -0.460 e. The normalized spacial score (nSPS) is 22.8. The van der Waals surface area contributed by atoms with Crippen LogP contribution in [0.3, 0.4) is 0 Å². The Morgan fingerprint density at radius 3 is 1.56 bits per heavy atom. The van der Waals surface area contributed by atoms with Gasteiger partial charge in [0.25, 0.3) is 9.05 Å². The van der Waals surface area contributed by atoms with Crippen molar-refractivity contribution in [3.05, 3.63) is 66.7 Å². The standard InChI is InChI=1S/C11H16N2O.C10H14N2O2.C7H7ClO2S/c1-9-3-5-10(6-4-9)14-11-12-7-2-8-13-11;13-8-2-4-9(5-3-8)14-10-11-6-1-7-12-10;1-6-2-4-7(5-3-6)11(8,9)10/h2,7-10H,3-6H2,1H3;1,6-9,13H,2-5H2;2-5H,1H3. The van der Waals surface area contributed by atoms with Gasteiger partial charge in [-0.15, -0.1) is 0 Å². The van der Waals surface area contributed by atoms with Gasteiger partial charge in [-0.25, -0.2) is 28.4 Å². The van der Waals surface area contributed by atoms with E-state index in [2.05, 4.69) is 26.9 Å². The zero-order valence-electron chi connectivity index (χ0n) is 22.4. The van der Waals surface area contributed by atoms with Gasteiger partial charge in [0.1, 0.15) is 12.2 Å². The van der Waals surface area contributed by atoms with Gasteiger partial charge in [-0.05, 0) is 88.5 Å². The number of aliphatic hydroxyl groups excluding tert-OH is 1. The number of ether oxygens (including phenoxy) is 2. The van der Waals surface area contributed by atoms with Gasteiger partial charge in [-0.2, -0.15) is 0 Å². The van der Waals surface area contributed by atoms with E-state index in [0.29, 0.717) is 18.1 Å². The summed E-state index contributed by atoms with van der Waals surface area (Å²) in [5, 5.41) is 9.31. The van der Waals surface area contributed by atoms with E-state index in [4.69, 9.17) is 20.2 Å². The summed E-state index contributed by atoms with van der Waals surface area (Å²) in [4.78, 5) is 16.3. The maximum absolute atomic E-state index is 10.7. The summed E-state index contributed by atoms with van der Waals surface area (Å²) < 4.78 is 32.7. The van der Waals surface area contributed by atoms with Crippen molar-refractivity contribution in [2.45, 2.75) is 88.4 Å². The number of aryl methyl sites for hydroxylation is 1. The highest BCUT2D eigenvalue weighted by molar-refractivity contribution is 8.13. The predicted octanol–water partition coefficient (Wildman–Crippen LogP) is 5.52. The van der Waals surface area contributed by atoms with E-state index in [-0.39, 0.29) is 17.1 Å². The van der Waals surface area contributed by atoms with Gasteiger partial charge in [-0.3, -0.25) is 0 Å². The van der Waals surface area contributed by atoms with E-state index in [1.807, 2.05) is 6.92 Å². The summed E-state index contributed by atoms with van der Waals surface area (Å²) in [5.41, 5.74) is 1.01. The fourth-order valence-corrected chi connectivity index (χ4v) is 4.97. The van der Waals surface area contributed by atoms with Crippen molar-refractivity contribution in [3.8, 4) is 12.0 Å². The molecule has 0 unspecified atom stereocenters. The van der Waals surface area contributed by atoms with Crippen molar-refractivity contribution in [1.29, 1.82) is 0 Å². The molecule has 5 rings (SSSR count). The van der Waals surface area contributed by atoms with Crippen molar-refractivity contribution < 1.29 is 23.0 Å². The number of aromatic nitrogens is 4. The van der Waals surface area contributed by atoms with E-state index in [0.717, 1.165) is 50.0 Å². The molecule has 1 N–H and O–H groups in total. The Labute approximate surface area is 235 Å². The summed E-state index contributed by atoms with van der Waals surface area (Å²) in [5.74, 6) is 0.853. The van der Waals surface area contributed by atoms with Crippen molar-refractivity contribution in [1.82, 2.24) is 19.9 Å². The molecule has 2 aromatic heterocycles. The molecular formula is C28H37ClN4O5S. The van der Waals surface area contributed by atoms with Gasteiger partial charge >= 0.3 is 12.0 Å². The number of rotatable bonds is 5. The number of hydrogen-bond donors (Lipinski definition) is 1. The molecule has 11 heteroatoms. The first-order valence-electron chi connectivity index (χ1n) is 13.3. The van der Waals surface area contributed by atoms with Crippen LogP contribution < -0.4 is 9.47 Å². The molecule has 2 heterocycles. The van der Waals surface area contributed by atoms with Gasteiger partial charge < -0.3 is 14.6 Å². The second-order valence-electron chi connectivity index (χ2n) is 9.86. The molecule has 2 saturated carbocycles. The first kappa shape index (κ1) is 30.7. The zero-order valence-corrected chi connectivity index (χ0v) is 24.0. The largest absolute Gasteiger partial charge is 0.460 e. The lowest BCUT2D eigenvalue weighted by Crippen LogP contribution is -2.27. The van der Waals surface area contributed by atoms with Crippen LogP contribution in [0.2, 0.25) is 0 Å². The third-order valence-electron chi connectivity index (χ3n) is 6.54. The first-order valence-corrected chi connectivity index (χ1v) is 15.6. The fraction of sp³-hybridized carbons (Fsp3) is 0.500. The molecule has 1 aromatic carbocycles. The number of hydrogen-bond acceptors (Lipinski definition) is 9. The maximum Gasteiger partial charge on any atom is 0.316 e. The second kappa shape index (κ2) is 15.7. The molecule has 2 aliphatic rings. The molecule has 9 nitrogen and oxygen atoms in total. The van der Waals surface area contributed by atoms with Gasteiger partial charge in [0.2, 0.25) is 0 Å². The molecule has 2 fully saturated rings. The third kappa shape index (κ3) is 11.8. The van der Waals surface area contributed by atoms with E-state index >= 15 is 0 Å². The summed E-state index contributed by atoms with van der Waals surface area (Å²) in [6.07, 6.45) is 15.3. The lowest BCUT2D eigenvalue weighted by molar-refractivity contribution is 0.0618. The van der Waals surface area contributed by atoms with Gasteiger partial charge in [-0.1, -0.05) is 24.6 Å². The van der Waals surface area contributed by atoms with Crippen molar-refractivity contribution >= 4 is 19.7 Å². The van der Waals surface area contributed by atoms with E-state index < -0.39 is 9.05 Å². The summed E-state index contributed by atoms with van der Waals surface area (Å²) in [6, 6.07) is 10.9. The number of aliphatic hydroxyl groups is 1. The number of benzene rings is 1. The molecule has 0 bridgehead atoms. The lowest BCUT2D eigenvalue weighted by Gasteiger charge is -2.25. The lowest BCUT2D eigenvalue weighted by atomic mass is 9.89. The smallest absolute Gasteiger partial charge is 0.316 e. The highest BCUT2D eigenvalue weighted by Gasteiger charge is 2.21. The Bertz CT molecular complexity index is 1130. The minimum absolute atomic E-state index is 0.143. The van der Waals surface area contributed by atoms with Crippen LogP contribution >= 0.6 is 10.7 Å². The van der Waals surface area contributed by atoms with E-state index in [1.165, 1.54) is 25.0 Å². The van der Waals surface area contributed by atoms with Crippen molar-refractivity contribution in [3.63, 3.8) is 0 Å². The SMILES string of the molecule is CC1CCC(Oc2ncccn2)CC1.Cc1ccc(S(=O)(=O)Cl)cc1.OC1CCC(Oc2ncccn2)CC1. The Balaban J connectivity index is 0.000000163. The molecule has 2 aliphatic carbocycles. The van der Waals surface area contributed by atoms with Crippen LogP contribution in [0.5, 0.6) is 12.0 Å². The third-order valence-corrected chi connectivity index (χ3v) is 7.91. The molecule has 0 saturated heterocycles. The average Bonchev–Trinajstić information content (AvgIpc) is 2.93. The van der Waals surface area contributed by atoms with Crippen LogP contribution in [0.1, 0.15) is 63.9 Å². The molecule has 0 atom stereocenters. The van der Waals surface area contributed by atoms with Crippen LogP contribution in [0.15, 0.2) is 66.1 Å². The molecule has 0 spiro atoms. The van der Waals surface area contributed by atoms with Gasteiger partial charge in [0.15, 0.2) is 0 Å². The van der Waals surface area contributed by atoms with Crippen molar-refractivity contribution in [2.75, 3.05) is 0 Å². The zero-order chi connectivity index (χ0) is 28.1. The Morgan fingerprint density at radius 1 is 0.744 bits per heavy atom. The molecular weight excluding hydrogens is 540 g/mol. The van der Waals surface area contributed by atoms with Crippen LogP contribution in [0.25, 0.3) is 0 Å². The Kier molecular flexibility index (Phi) is 12.4. The predicted molar refractivity (Wildman–Crippen MR) is 149 cm³/mol. The first-order chi connectivity index (χ1) is 18.7. The molecule has 212 valence electrons. The quantitative estimate of drug-likeness (QED) is 0.391.